The number of tetrazole rings is 1. The molecule has 0 aliphatic rings. The molecule has 0 atom stereocenters. The van der Waals surface area contributed by atoms with E-state index in [1.807, 2.05) is 42.5 Å². The number of nitriles is 1. The van der Waals surface area contributed by atoms with Crippen molar-refractivity contribution in [1.29, 1.82) is 5.26 Å². The zero-order chi connectivity index (χ0) is 21.5. The first-order valence-corrected chi connectivity index (χ1v) is 9.47. The molecule has 0 radical (unpaired) electrons. The van der Waals surface area contributed by atoms with Gasteiger partial charge in [-0.1, -0.05) is 54.6 Å². The number of carbonyl (C=O) groups excluding carboxylic acids is 1. The predicted molar refractivity (Wildman–Crippen MR) is 115 cm³/mol. The van der Waals surface area contributed by atoms with Crippen molar-refractivity contribution < 1.29 is 4.79 Å². The van der Waals surface area contributed by atoms with Crippen LogP contribution in [0.1, 0.15) is 27.0 Å². The van der Waals surface area contributed by atoms with E-state index in [4.69, 9.17) is 5.26 Å². The number of rotatable bonds is 6. The fraction of sp³-hybridized carbons (Fsp3) is 0.0435. The van der Waals surface area contributed by atoms with Crippen LogP contribution in [0.3, 0.4) is 0 Å². The van der Waals surface area contributed by atoms with E-state index in [0.717, 1.165) is 16.7 Å². The maximum atomic E-state index is 12.3. The molecule has 0 saturated carbocycles. The smallest absolute Gasteiger partial charge is 0.267 e. The third kappa shape index (κ3) is 5.05. The summed E-state index contributed by atoms with van der Waals surface area (Å²) < 4.78 is 0. The lowest BCUT2D eigenvalue weighted by atomic mass is 10.1. The first-order valence-electron chi connectivity index (χ1n) is 9.47. The van der Waals surface area contributed by atoms with Gasteiger partial charge in [-0.15, -0.1) is 10.2 Å². The van der Waals surface area contributed by atoms with Crippen molar-refractivity contribution in [1.82, 2.24) is 25.6 Å². The normalized spacial score (nSPS) is 10.7. The van der Waals surface area contributed by atoms with E-state index < -0.39 is 0 Å². The van der Waals surface area contributed by atoms with Crippen molar-refractivity contribution >= 4 is 12.1 Å². The predicted octanol–water partition coefficient (Wildman–Crippen LogP) is 3.02. The maximum Gasteiger partial charge on any atom is 0.271 e. The highest BCUT2D eigenvalue weighted by Gasteiger charge is 2.07. The molecule has 4 rings (SSSR count). The van der Waals surface area contributed by atoms with Crippen LogP contribution < -0.4 is 5.43 Å². The van der Waals surface area contributed by atoms with E-state index in [0.29, 0.717) is 23.5 Å². The summed E-state index contributed by atoms with van der Waals surface area (Å²) in [6.45, 7) is 0.443. The number of hydrogen-bond acceptors (Lipinski definition) is 6. The van der Waals surface area contributed by atoms with Gasteiger partial charge in [-0.2, -0.15) is 15.2 Å². The number of benzene rings is 3. The Morgan fingerprint density at radius 3 is 2.48 bits per heavy atom. The van der Waals surface area contributed by atoms with E-state index in [-0.39, 0.29) is 5.91 Å². The highest BCUT2D eigenvalue weighted by Crippen LogP contribution is 2.12. The SMILES string of the molecule is N#Cc1ccc(/C=N\NC(=O)c2ccc(Cn3nnc(-c4ccccc4)n3)cc2)cc1. The minimum atomic E-state index is -0.318. The van der Waals surface area contributed by atoms with Gasteiger partial charge >= 0.3 is 0 Å². The maximum absolute atomic E-state index is 12.3. The summed E-state index contributed by atoms with van der Waals surface area (Å²) in [5.74, 6) is 0.249. The molecule has 0 saturated heterocycles. The molecule has 3 aromatic carbocycles. The minimum absolute atomic E-state index is 0.318. The molecule has 0 aliphatic carbocycles. The highest BCUT2D eigenvalue weighted by molar-refractivity contribution is 5.94. The van der Waals surface area contributed by atoms with Crippen LogP contribution in [0.15, 0.2) is 84.0 Å². The van der Waals surface area contributed by atoms with Crippen LogP contribution in [0.5, 0.6) is 0 Å². The first-order chi connectivity index (χ1) is 15.2. The number of nitrogens with zero attached hydrogens (tertiary/aromatic N) is 6. The summed E-state index contributed by atoms with van der Waals surface area (Å²) in [4.78, 5) is 13.8. The number of amides is 1. The molecule has 4 aromatic rings. The number of aromatic nitrogens is 4. The molecule has 0 spiro atoms. The Bertz CT molecular complexity index is 1240. The van der Waals surface area contributed by atoms with Crippen LogP contribution in [0, 0.1) is 11.3 Å². The quantitative estimate of drug-likeness (QED) is 0.390. The van der Waals surface area contributed by atoms with Crippen LogP contribution in [0.2, 0.25) is 0 Å². The summed E-state index contributed by atoms with van der Waals surface area (Å²) in [5.41, 5.74) is 6.17. The zero-order valence-corrected chi connectivity index (χ0v) is 16.4. The molecule has 0 unspecified atom stereocenters. The molecule has 1 heterocycles. The van der Waals surface area contributed by atoms with Crippen molar-refractivity contribution in [2.45, 2.75) is 6.54 Å². The van der Waals surface area contributed by atoms with E-state index >= 15 is 0 Å². The fourth-order valence-corrected chi connectivity index (χ4v) is 2.81. The number of nitrogens with one attached hydrogen (secondary N) is 1. The lowest BCUT2D eigenvalue weighted by Crippen LogP contribution is -2.17. The molecule has 0 fully saturated rings. The molecule has 31 heavy (non-hydrogen) atoms. The Hall–Kier alpha value is -4.64. The molecule has 1 amide bonds. The second kappa shape index (κ2) is 9.24. The van der Waals surface area contributed by atoms with Gasteiger partial charge in [0.05, 0.1) is 24.4 Å². The van der Waals surface area contributed by atoms with Gasteiger partial charge in [-0.25, -0.2) is 5.43 Å². The lowest BCUT2D eigenvalue weighted by Gasteiger charge is -2.03. The third-order valence-corrected chi connectivity index (χ3v) is 4.44. The third-order valence-electron chi connectivity index (χ3n) is 4.44. The van der Waals surface area contributed by atoms with Crippen molar-refractivity contribution in [3.63, 3.8) is 0 Å². The van der Waals surface area contributed by atoms with Gasteiger partial charge in [-0.3, -0.25) is 4.79 Å². The van der Waals surface area contributed by atoms with Gasteiger partial charge in [0.2, 0.25) is 5.82 Å². The molecule has 0 aliphatic heterocycles. The molecule has 0 bridgehead atoms. The lowest BCUT2D eigenvalue weighted by molar-refractivity contribution is 0.0955. The Morgan fingerprint density at radius 2 is 1.77 bits per heavy atom. The number of carbonyl (C=O) groups is 1. The van der Waals surface area contributed by atoms with Crippen molar-refractivity contribution in [3.8, 4) is 17.5 Å². The van der Waals surface area contributed by atoms with Gasteiger partial charge in [0.1, 0.15) is 0 Å². The summed E-state index contributed by atoms with van der Waals surface area (Å²) >= 11 is 0. The molecular weight excluding hydrogens is 390 g/mol. The molecule has 1 aromatic heterocycles. The van der Waals surface area contributed by atoms with Crippen molar-refractivity contribution in [2.24, 2.45) is 5.10 Å². The second-order valence-corrected chi connectivity index (χ2v) is 6.64. The minimum Gasteiger partial charge on any atom is -0.267 e. The standard InChI is InChI=1S/C23H17N7O/c24-14-17-6-8-18(9-7-17)15-25-27-23(31)21-12-10-19(11-13-21)16-30-28-22(26-29-30)20-4-2-1-3-5-20/h1-13,15H,16H2,(H,27,31)/b25-15-. The molecule has 150 valence electrons. The van der Waals surface area contributed by atoms with E-state index in [1.54, 1.807) is 36.4 Å². The van der Waals surface area contributed by atoms with E-state index in [9.17, 15) is 4.79 Å². The number of hydrogen-bond donors (Lipinski definition) is 1. The Labute approximate surface area is 178 Å². The molecule has 1 N–H and O–H groups in total. The van der Waals surface area contributed by atoms with Gasteiger partial charge < -0.3 is 0 Å². The van der Waals surface area contributed by atoms with Crippen molar-refractivity contribution in [3.05, 3.63) is 101 Å². The molecule has 8 nitrogen and oxygen atoms in total. The van der Waals surface area contributed by atoms with Crippen LogP contribution in [-0.2, 0) is 6.54 Å². The van der Waals surface area contributed by atoms with E-state index in [1.165, 1.54) is 11.0 Å². The topological polar surface area (TPSA) is 109 Å². The monoisotopic (exact) mass is 407 g/mol. The van der Waals surface area contributed by atoms with Crippen LogP contribution in [-0.4, -0.2) is 32.3 Å². The first kappa shape index (κ1) is 19.7. The van der Waals surface area contributed by atoms with Crippen LogP contribution >= 0.6 is 0 Å². The van der Waals surface area contributed by atoms with E-state index in [2.05, 4.69) is 32.0 Å². The second-order valence-electron chi connectivity index (χ2n) is 6.64. The van der Waals surface area contributed by atoms with Gasteiger partial charge in [0.25, 0.3) is 5.91 Å². The summed E-state index contributed by atoms with van der Waals surface area (Å²) in [5, 5.41) is 25.3. The zero-order valence-electron chi connectivity index (χ0n) is 16.4. The fourth-order valence-electron chi connectivity index (χ4n) is 2.81. The molecular formula is C23H17N7O. The van der Waals surface area contributed by atoms with Crippen LogP contribution in [0.25, 0.3) is 11.4 Å². The summed E-state index contributed by atoms with van der Waals surface area (Å²) in [6, 6.07) is 25.7. The molecule has 8 heteroatoms. The van der Waals surface area contributed by atoms with Gasteiger partial charge in [0.15, 0.2) is 0 Å². The van der Waals surface area contributed by atoms with Gasteiger partial charge in [-0.05, 0) is 40.6 Å². The Morgan fingerprint density at radius 1 is 1.03 bits per heavy atom. The van der Waals surface area contributed by atoms with Gasteiger partial charge in [0, 0.05) is 11.1 Å². The largest absolute Gasteiger partial charge is 0.271 e. The van der Waals surface area contributed by atoms with Crippen LogP contribution in [0.4, 0.5) is 0 Å². The Kier molecular flexibility index (Phi) is 5.86. The van der Waals surface area contributed by atoms with Crippen molar-refractivity contribution in [2.75, 3.05) is 0 Å². The highest BCUT2D eigenvalue weighted by atomic mass is 16.2. The summed E-state index contributed by atoms with van der Waals surface area (Å²) in [7, 11) is 0. The number of hydrazone groups is 1. The Balaban J connectivity index is 1.34. The average Bonchev–Trinajstić information content (AvgIpc) is 3.29. The average molecular weight is 407 g/mol. The summed E-state index contributed by atoms with van der Waals surface area (Å²) in [6.07, 6.45) is 1.52.